The lowest BCUT2D eigenvalue weighted by molar-refractivity contribution is -0.0389. The van der Waals surface area contributed by atoms with Crippen LogP contribution < -0.4 is 4.72 Å². The molecule has 2 aliphatic rings. The molecule has 1 N–H and O–H groups in total. The van der Waals surface area contributed by atoms with Crippen LogP contribution in [0.2, 0.25) is 0 Å². The lowest BCUT2D eigenvalue weighted by Crippen LogP contribution is -2.45. The van der Waals surface area contributed by atoms with E-state index in [0.29, 0.717) is 37.1 Å². The number of fused-ring (bicyclic) bond motifs is 2. The molecule has 0 radical (unpaired) electrons. The van der Waals surface area contributed by atoms with Crippen LogP contribution in [-0.4, -0.2) is 38.3 Å². The molecule has 9 heteroatoms. The molecule has 7 nitrogen and oxygen atoms in total. The van der Waals surface area contributed by atoms with Gasteiger partial charge in [-0.1, -0.05) is 30.3 Å². The summed E-state index contributed by atoms with van der Waals surface area (Å²) >= 11 is 0. The Kier molecular flexibility index (Phi) is 5.36. The predicted molar refractivity (Wildman–Crippen MR) is 122 cm³/mol. The molecule has 0 aromatic heterocycles. The van der Waals surface area contributed by atoms with Gasteiger partial charge in [0.15, 0.2) is 0 Å². The van der Waals surface area contributed by atoms with Crippen molar-refractivity contribution in [3.05, 3.63) is 95.3 Å². The molecular weight excluding hydrogens is 459 g/mol. The lowest BCUT2D eigenvalue weighted by atomic mass is 9.83. The van der Waals surface area contributed by atoms with Gasteiger partial charge in [0.05, 0.1) is 10.5 Å². The van der Waals surface area contributed by atoms with Crippen LogP contribution in [-0.2, 0) is 20.4 Å². The number of ether oxygens (including phenoxy) is 1. The number of anilines is 1. The summed E-state index contributed by atoms with van der Waals surface area (Å²) in [5.41, 5.74) is 1.23. The number of carbonyl (C=O) groups excluding carboxylic acids is 2. The van der Waals surface area contributed by atoms with Gasteiger partial charge in [0.1, 0.15) is 11.4 Å². The molecule has 0 unspecified atom stereocenters. The van der Waals surface area contributed by atoms with Crippen LogP contribution in [0.1, 0.15) is 39.1 Å². The van der Waals surface area contributed by atoms with Crippen molar-refractivity contribution < 1.29 is 27.1 Å². The van der Waals surface area contributed by atoms with Gasteiger partial charge < -0.3 is 9.64 Å². The molecule has 0 atom stereocenters. The molecular formula is C25H21FN2O5S. The quantitative estimate of drug-likeness (QED) is 0.572. The molecule has 1 fully saturated rings. The molecule has 34 heavy (non-hydrogen) atoms. The molecule has 3 aromatic carbocycles. The van der Waals surface area contributed by atoms with Gasteiger partial charge in [-0.3, -0.25) is 9.52 Å². The number of piperidine rings is 1. The van der Waals surface area contributed by atoms with Gasteiger partial charge in [-0.25, -0.2) is 17.6 Å². The van der Waals surface area contributed by atoms with Gasteiger partial charge >= 0.3 is 5.97 Å². The van der Waals surface area contributed by atoms with Crippen molar-refractivity contribution in [2.45, 2.75) is 23.3 Å². The maximum absolute atomic E-state index is 13.5. The summed E-state index contributed by atoms with van der Waals surface area (Å²) in [5.74, 6) is -1.25. The van der Waals surface area contributed by atoms with Gasteiger partial charge in [0.25, 0.3) is 15.9 Å². The fourth-order valence-electron chi connectivity index (χ4n) is 4.53. The summed E-state index contributed by atoms with van der Waals surface area (Å²) in [5, 5.41) is 0. The first-order valence-corrected chi connectivity index (χ1v) is 12.3. The Bertz CT molecular complexity index is 1400. The first-order valence-electron chi connectivity index (χ1n) is 10.8. The zero-order valence-corrected chi connectivity index (χ0v) is 18.8. The van der Waals surface area contributed by atoms with Crippen molar-refractivity contribution in [3.63, 3.8) is 0 Å². The molecule has 0 bridgehead atoms. The second-order valence-electron chi connectivity index (χ2n) is 8.37. The molecule has 0 saturated carbocycles. The largest absolute Gasteiger partial charge is 0.450 e. The number of nitrogens with zero attached hydrogens (tertiary/aromatic N) is 1. The van der Waals surface area contributed by atoms with Crippen LogP contribution in [0.3, 0.4) is 0 Å². The normalized spacial score (nSPS) is 16.7. The van der Waals surface area contributed by atoms with E-state index in [1.807, 2.05) is 12.1 Å². The summed E-state index contributed by atoms with van der Waals surface area (Å²) in [6.07, 6.45) is 0.959. The van der Waals surface area contributed by atoms with Gasteiger partial charge in [0.2, 0.25) is 0 Å². The summed E-state index contributed by atoms with van der Waals surface area (Å²) in [4.78, 5) is 26.9. The van der Waals surface area contributed by atoms with Crippen molar-refractivity contribution in [1.82, 2.24) is 4.90 Å². The molecule has 0 aliphatic carbocycles. The molecule has 2 heterocycles. The minimum atomic E-state index is -4.02. The Labute approximate surface area is 196 Å². The highest BCUT2D eigenvalue weighted by atomic mass is 32.2. The predicted octanol–water partition coefficient (Wildman–Crippen LogP) is 3.93. The van der Waals surface area contributed by atoms with E-state index in [4.69, 9.17) is 4.74 Å². The summed E-state index contributed by atoms with van der Waals surface area (Å²) in [6.45, 7) is 0.777. The maximum Gasteiger partial charge on any atom is 0.339 e. The topological polar surface area (TPSA) is 92.8 Å². The molecule has 1 spiro atoms. The van der Waals surface area contributed by atoms with Gasteiger partial charge in [-0.2, -0.15) is 0 Å². The van der Waals surface area contributed by atoms with Crippen LogP contribution in [0.5, 0.6) is 0 Å². The summed E-state index contributed by atoms with van der Waals surface area (Å²) in [6, 6.07) is 18.2. The second kappa shape index (κ2) is 8.25. The van der Waals surface area contributed by atoms with Gasteiger partial charge in [0, 0.05) is 42.7 Å². The van der Waals surface area contributed by atoms with Crippen LogP contribution in [0, 0.1) is 5.82 Å². The zero-order chi connectivity index (χ0) is 23.9. The van der Waals surface area contributed by atoms with E-state index in [9.17, 15) is 22.4 Å². The molecule has 5 rings (SSSR count). The summed E-state index contributed by atoms with van der Waals surface area (Å²) in [7, 11) is -4.02. The summed E-state index contributed by atoms with van der Waals surface area (Å²) < 4.78 is 46.8. The fourth-order valence-corrected chi connectivity index (χ4v) is 5.62. The maximum atomic E-state index is 13.5. The van der Waals surface area contributed by atoms with Gasteiger partial charge in [-0.15, -0.1) is 0 Å². The Hall–Kier alpha value is -3.72. The third kappa shape index (κ3) is 3.92. The van der Waals surface area contributed by atoms with E-state index in [1.165, 1.54) is 24.3 Å². The van der Waals surface area contributed by atoms with Crippen LogP contribution in [0.25, 0.3) is 0 Å². The molecule has 174 valence electrons. The first kappa shape index (κ1) is 22.1. The Balaban J connectivity index is 1.30. The monoisotopic (exact) mass is 480 g/mol. The second-order valence-corrected chi connectivity index (χ2v) is 10.0. The van der Waals surface area contributed by atoms with E-state index in [0.717, 1.165) is 17.7 Å². The number of halogens is 1. The van der Waals surface area contributed by atoms with Crippen LogP contribution in [0.15, 0.2) is 77.7 Å². The minimum Gasteiger partial charge on any atom is -0.450 e. The van der Waals surface area contributed by atoms with Gasteiger partial charge in [-0.05, 0) is 42.5 Å². The number of carbonyl (C=O) groups is 2. The number of hydrogen-bond acceptors (Lipinski definition) is 5. The average molecular weight is 481 g/mol. The van der Waals surface area contributed by atoms with Crippen molar-refractivity contribution in [2.75, 3.05) is 17.8 Å². The zero-order valence-electron chi connectivity index (χ0n) is 18.0. The number of likely N-dealkylation sites (tertiary alicyclic amines) is 1. The molecule has 2 aliphatic heterocycles. The van der Waals surface area contributed by atoms with Crippen molar-refractivity contribution in [3.8, 4) is 0 Å². The average Bonchev–Trinajstić information content (AvgIpc) is 3.10. The Morgan fingerprint density at radius 1 is 0.971 bits per heavy atom. The smallest absolute Gasteiger partial charge is 0.339 e. The highest BCUT2D eigenvalue weighted by molar-refractivity contribution is 7.92. The number of hydrogen-bond donors (Lipinski definition) is 1. The molecule has 1 saturated heterocycles. The van der Waals surface area contributed by atoms with Crippen molar-refractivity contribution in [1.29, 1.82) is 0 Å². The molecule has 3 aromatic rings. The van der Waals surface area contributed by atoms with E-state index >= 15 is 0 Å². The van der Waals surface area contributed by atoms with Crippen molar-refractivity contribution in [2.24, 2.45) is 0 Å². The number of amides is 1. The first-order chi connectivity index (χ1) is 16.3. The molecule has 1 amide bonds. The van der Waals surface area contributed by atoms with Crippen molar-refractivity contribution >= 4 is 27.6 Å². The number of rotatable bonds is 4. The Morgan fingerprint density at radius 2 is 1.71 bits per heavy atom. The Morgan fingerprint density at radius 3 is 2.47 bits per heavy atom. The lowest BCUT2D eigenvalue weighted by Gasteiger charge is -2.38. The van der Waals surface area contributed by atoms with E-state index in [1.54, 1.807) is 29.2 Å². The number of sulfonamides is 1. The third-order valence-corrected chi connectivity index (χ3v) is 7.63. The SMILES string of the molecule is O=C1OC2(CCN(C(=O)c3cccc(NS(=O)(=O)c4cccc(F)c4)c3)CC2)c2ccccc21. The van der Waals surface area contributed by atoms with E-state index < -0.39 is 21.4 Å². The van der Waals surface area contributed by atoms with E-state index in [2.05, 4.69) is 4.72 Å². The third-order valence-electron chi connectivity index (χ3n) is 6.25. The number of benzene rings is 3. The minimum absolute atomic E-state index is 0.197. The number of nitrogens with one attached hydrogen (secondary N) is 1. The standard InChI is InChI=1S/C25H21FN2O5S/c26-18-6-4-8-20(16-18)34(31,32)27-19-7-3-5-17(15-19)23(29)28-13-11-25(12-14-28)22-10-2-1-9-21(22)24(30)33-25/h1-10,15-16,27H,11-14H2. The number of esters is 1. The van der Waals surface area contributed by atoms with E-state index in [-0.39, 0.29) is 22.5 Å². The van der Waals surface area contributed by atoms with Crippen LogP contribution >= 0.6 is 0 Å². The highest BCUT2D eigenvalue weighted by Crippen LogP contribution is 2.44. The highest BCUT2D eigenvalue weighted by Gasteiger charge is 2.47. The van der Waals surface area contributed by atoms with Crippen LogP contribution in [0.4, 0.5) is 10.1 Å². The fraction of sp³-hybridized carbons (Fsp3) is 0.200.